The van der Waals surface area contributed by atoms with Crippen molar-refractivity contribution in [2.45, 2.75) is 77.1 Å². The first kappa shape index (κ1) is 17.4. The van der Waals surface area contributed by atoms with Crippen LogP contribution in [0.4, 0.5) is 0 Å². The second-order valence-corrected chi connectivity index (χ2v) is 7.23. The van der Waals surface area contributed by atoms with Crippen LogP contribution in [0.2, 0.25) is 0 Å². The molecule has 0 aliphatic carbocycles. The van der Waals surface area contributed by atoms with Gasteiger partial charge in [0.1, 0.15) is 5.82 Å². The van der Waals surface area contributed by atoms with Crippen molar-refractivity contribution in [3.05, 3.63) is 11.6 Å². The Hall–Kier alpha value is -1.47. The summed E-state index contributed by atoms with van der Waals surface area (Å²) in [5, 5.41) is 11.0. The third kappa shape index (κ3) is 4.13. The van der Waals surface area contributed by atoms with Crippen molar-refractivity contribution in [2.24, 2.45) is 0 Å². The van der Waals surface area contributed by atoms with E-state index in [1.54, 1.807) is 0 Å². The molecule has 3 rings (SSSR count). The number of carbonyl (C=O) groups is 1. The molecular formula is C17H29N5O2. The molecule has 2 aliphatic heterocycles. The second kappa shape index (κ2) is 7.61. The largest absolute Gasteiger partial charge is 0.376 e. The quantitative estimate of drug-likeness (QED) is 0.810. The van der Waals surface area contributed by atoms with Gasteiger partial charge in [-0.1, -0.05) is 13.8 Å². The van der Waals surface area contributed by atoms with Crippen LogP contribution < -0.4 is 10.6 Å². The molecule has 1 fully saturated rings. The topological polar surface area (TPSA) is 81.1 Å². The Balaban J connectivity index is 1.47. The maximum absolute atomic E-state index is 12.2. The minimum Gasteiger partial charge on any atom is -0.376 e. The van der Waals surface area contributed by atoms with Crippen LogP contribution in [0.3, 0.4) is 0 Å². The third-order valence-corrected chi connectivity index (χ3v) is 4.80. The Labute approximate surface area is 143 Å². The number of aromatic nitrogens is 3. The van der Waals surface area contributed by atoms with Crippen LogP contribution in [0.1, 0.15) is 57.6 Å². The van der Waals surface area contributed by atoms with Crippen LogP contribution in [0.15, 0.2) is 0 Å². The highest BCUT2D eigenvalue weighted by Crippen LogP contribution is 2.17. The van der Waals surface area contributed by atoms with Crippen molar-refractivity contribution in [3.63, 3.8) is 0 Å². The summed E-state index contributed by atoms with van der Waals surface area (Å²) in [6, 6.07) is 0.0359. The predicted octanol–water partition coefficient (Wildman–Crippen LogP) is 0.990. The molecule has 1 aromatic rings. The smallest absolute Gasteiger partial charge is 0.236 e. The van der Waals surface area contributed by atoms with E-state index in [4.69, 9.17) is 4.74 Å². The average Bonchev–Trinajstić information content (AvgIpc) is 3.21. The van der Waals surface area contributed by atoms with E-state index >= 15 is 0 Å². The summed E-state index contributed by atoms with van der Waals surface area (Å²) >= 11 is 0. The fourth-order valence-electron chi connectivity index (χ4n) is 3.31. The van der Waals surface area contributed by atoms with Crippen molar-refractivity contribution in [1.29, 1.82) is 0 Å². The van der Waals surface area contributed by atoms with E-state index in [1.807, 2.05) is 11.6 Å². The molecule has 134 valence electrons. The Morgan fingerprint density at radius 1 is 1.38 bits per heavy atom. The van der Waals surface area contributed by atoms with Crippen molar-refractivity contribution in [3.8, 4) is 0 Å². The molecule has 7 nitrogen and oxygen atoms in total. The zero-order valence-corrected chi connectivity index (χ0v) is 14.9. The predicted molar refractivity (Wildman–Crippen MR) is 90.8 cm³/mol. The molecule has 2 N–H and O–H groups in total. The van der Waals surface area contributed by atoms with Gasteiger partial charge >= 0.3 is 0 Å². The monoisotopic (exact) mass is 335 g/mol. The van der Waals surface area contributed by atoms with Gasteiger partial charge in [0, 0.05) is 31.5 Å². The van der Waals surface area contributed by atoms with Crippen LogP contribution in [0.5, 0.6) is 0 Å². The van der Waals surface area contributed by atoms with Gasteiger partial charge in [-0.05, 0) is 26.2 Å². The summed E-state index contributed by atoms with van der Waals surface area (Å²) in [6.45, 7) is 8.34. The van der Waals surface area contributed by atoms with Gasteiger partial charge in [0.2, 0.25) is 5.91 Å². The summed E-state index contributed by atoms with van der Waals surface area (Å²) < 4.78 is 7.53. The lowest BCUT2D eigenvalue weighted by Crippen LogP contribution is -2.50. The van der Waals surface area contributed by atoms with E-state index in [0.717, 1.165) is 50.5 Å². The number of fused-ring (bicyclic) bond motifs is 1. The highest BCUT2D eigenvalue weighted by atomic mass is 16.5. The van der Waals surface area contributed by atoms with Crippen molar-refractivity contribution in [1.82, 2.24) is 25.4 Å². The van der Waals surface area contributed by atoms with Crippen molar-refractivity contribution < 1.29 is 9.53 Å². The number of aryl methyl sites for hydroxylation is 1. The fraction of sp³-hybridized carbons (Fsp3) is 0.824. The summed E-state index contributed by atoms with van der Waals surface area (Å²) in [5.74, 6) is 2.36. The molecule has 1 aromatic heterocycles. The summed E-state index contributed by atoms with van der Waals surface area (Å²) in [6.07, 6.45) is 4.21. The van der Waals surface area contributed by atoms with Crippen molar-refractivity contribution in [2.75, 3.05) is 13.2 Å². The summed E-state index contributed by atoms with van der Waals surface area (Å²) in [7, 11) is 0. The lowest BCUT2D eigenvalue weighted by Gasteiger charge is -2.26. The number of rotatable bonds is 6. The molecule has 3 atom stereocenters. The maximum atomic E-state index is 12.2. The number of hydrogen-bond acceptors (Lipinski definition) is 5. The zero-order chi connectivity index (χ0) is 17.1. The molecule has 2 aliphatic rings. The van der Waals surface area contributed by atoms with Gasteiger partial charge in [-0.3, -0.25) is 4.79 Å². The molecule has 1 saturated heterocycles. The van der Waals surface area contributed by atoms with Crippen LogP contribution in [-0.4, -0.2) is 52.0 Å². The first-order valence-electron chi connectivity index (χ1n) is 9.12. The van der Waals surface area contributed by atoms with Crippen LogP contribution >= 0.6 is 0 Å². The molecule has 0 radical (unpaired) electrons. The van der Waals surface area contributed by atoms with Crippen LogP contribution in [0, 0.1) is 0 Å². The molecule has 0 saturated carbocycles. The first-order chi connectivity index (χ1) is 11.5. The van der Waals surface area contributed by atoms with Gasteiger partial charge in [0.25, 0.3) is 0 Å². The fourth-order valence-corrected chi connectivity index (χ4v) is 3.31. The minimum atomic E-state index is -0.217. The molecule has 1 amide bonds. The number of nitrogens with zero attached hydrogens (tertiary/aromatic N) is 3. The summed E-state index contributed by atoms with van der Waals surface area (Å²) in [4.78, 5) is 16.9. The standard InChI is InChI=1S/C17H29N5O2/c1-11(2)16-20-15-7-6-13(10-22(15)21-16)19-12(3)17(23)18-9-14-5-4-8-24-14/h11-14,19H,4-10H2,1-3H3,(H,18,23)/t12-,13+,14-/m0/s1. The second-order valence-electron chi connectivity index (χ2n) is 7.23. The number of hydrogen-bond donors (Lipinski definition) is 2. The number of amides is 1. The SMILES string of the molecule is CC(C)c1nc2n(n1)C[C@H](N[C@@H](C)C(=O)NC[C@@H]1CCCO1)CC2. The number of carbonyl (C=O) groups excluding carboxylic acids is 1. The van der Waals surface area contributed by atoms with E-state index in [0.29, 0.717) is 12.5 Å². The lowest BCUT2D eigenvalue weighted by molar-refractivity contribution is -0.123. The van der Waals surface area contributed by atoms with Crippen LogP contribution in [-0.2, 0) is 22.5 Å². The normalized spacial score (nSPS) is 24.8. The maximum Gasteiger partial charge on any atom is 0.236 e. The van der Waals surface area contributed by atoms with E-state index < -0.39 is 0 Å². The minimum absolute atomic E-state index is 0.0396. The molecule has 7 heteroatoms. The van der Waals surface area contributed by atoms with Gasteiger partial charge in [-0.15, -0.1) is 0 Å². The Morgan fingerprint density at radius 2 is 2.21 bits per heavy atom. The zero-order valence-electron chi connectivity index (χ0n) is 14.9. The third-order valence-electron chi connectivity index (χ3n) is 4.80. The van der Waals surface area contributed by atoms with Gasteiger partial charge in [0.15, 0.2) is 5.82 Å². The van der Waals surface area contributed by atoms with Gasteiger partial charge in [-0.25, -0.2) is 9.67 Å². The first-order valence-corrected chi connectivity index (χ1v) is 9.12. The molecule has 0 bridgehead atoms. The molecule has 0 spiro atoms. The van der Waals surface area contributed by atoms with E-state index in [1.165, 1.54) is 0 Å². The van der Waals surface area contributed by atoms with E-state index in [2.05, 4.69) is 34.6 Å². The molecule has 3 heterocycles. The van der Waals surface area contributed by atoms with Gasteiger partial charge in [-0.2, -0.15) is 5.10 Å². The van der Waals surface area contributed by atoms with Crippen LogP contribution in [0.25, 0.3) is 0 Å². The lowest BCUT2D eigenvalue weighted by atomic mass is 10.1. The Bertz CT molecular complexity index is 565. The molecule has 0 unspecified atom stereocenters. The molecular weight excluding hydrogens is 306 g/mol. The highest BCUT2D eigenvalue weighted by Gasteiger charge is 2.25. The Morgan fingerprint density at radius 3 is 2.92 bits per heavy atom. The Kier molecular flexibility index (Phi) is 5.50. The van der Waals surface area contributed by atoms with Gasteiger partial charge in [0.05, 0.1) is 18.7 Å². The van der Waals surface area contributed by atoms with E-state index in [9.17, 15) is 4.79 Å². The highest BCUT2D eigenvalue weighted by molar-refractivity contribution is 5.81. The van der Waals surface area contributed by atoms with E-state index in [-0.39, 0.29) is 24.1 Å². The van der Waals surface area contributed by atoms with Crippen molar-refractivity contribution >= 4 is 5.91 Å². The van der Waals surface area contributed by atoms with Gasteiger partial charge < -0.3 is 15.4 Å². The number of nitrogens with one attached hydrogen (secondary N) is 2. The molecule has 0 aromatic carbocycles. The summed E-state index contributed by atoms with van der Waals surface area (Å²) in [5.41, 5.74) is 0. The number of ether oxygens (including phenoxy) is 1. The average molecular weight is 335 g/mol. The molecule has 24 heavy (non-hydrogen) atoms.